The lowest BCUT2D eigenvalue weighted by molar-refractivity contribution is -0.153. The van der Waals surface area contributed by atoms with Crippen molar-refractivity contribution < 1.29 is 32.2 Å². The van der Waals surface area contributed by atoms with Gasteiger partial charge in [-0.05, 0) is 25.0 Å². The van der Waals surface area contributed by atoms with Gasteiger partial charge in [0.2, 0.25) is 5.91 Å². The fraction of sp³-hybridized carbons (Fsp3) is 0.562. The molecule has 1 aliphatic rings. The molecule has 1 amide bonds. The van der Waals surface area contributed by atoms with Gasteiger partial charge in [0.15, 0.2) is 6.61 Å². The summed E-state index contributed by atoms with van der Waals surface area (Å²) in [5.74, 6) is -1.60. The summed E-state index contributed by atoms with van der Waals surface area (Å²) in [6, 6.07) is 2.84. The highest BCUT2D eigenvalue weighted by atomic mass is 19.4. The lowest BCUT2D eigenvalue weighted by atomic mass is 9.82. The first-order chi connectivity index (χ1) is 11.2. The van der Waals surface area contributed by atoms with E-state index in [0.29, 0.717) is 12.8 Å². The molecule has 0 aromatic heterocycles. The van der Waals surface area contributed by atoms with Gasteiger partial charge >= 0.3 is 6.18 Å². The molecule has 0 heterocycles. The van der Waals surface area contributed by atoms with Crippen LogP contribution in [0.1, 0.15) is 38.5 Å². The lowest BCUT2D eigenvalue weighted by Crippen LogP contribution is -2.36. The third kappa shape index (κ3) is 5.67. The van der Waals surface area contributed by atoms with Crippen molar-refractivity contribution in [1.29, 1.82) is 0 Å². The second-order valence-electron chi connectivity index (χ2n) is 6.05. The average Bonchev–Trinajstić information content (AvgIpc) is 2.45. The predicted molar refractivity (Wildman–Crippen MR) is 79.2 cm³/mol. The van der Waals surface area contributed by atoms with Gasteiger partial charge in [-0.3, -0.25) is 4.79 Å². The van der Waals surface area contributed by atoms with Gasteiger partial charge in [0.1, 0.15) is 11.6 Å². The first kappa shape index (κ1) is 18.5. The van der Waals surface area contributed by atoms with Crippen LogP contribution in [0.15, 0.2) is 18.2 Å². The maximum absolute atomic E-state index is 13.3. The molecule has 0 atom stereocenters. The van der Waals surface area contributed by atoms with Crippen molar-refractivity contribution in [3.05, 3.63) is 24.0 Å². The van der Waals surface area contributed by atoms with Crippen LogP contribution < -0.4 is 10.1 Å². The van der Waals surface area contributed by atoms with E-state index in [0.717, 1.165) is 37.5 Å². The van der Waals surface area contributed by atoms with Crippen LogP contribution in [0.5, 0.6) is 5.75 Å². The van der Waals surface area contributed by atoms with E-state index in [1.165, 1.54) is 0 Å². The average molecular weight is 349 g/mol. The molecule has 8 heteroatoms. The Morgan fingerprint density at radius 3 is 2.54 bits per heavy atom. The summed E-state index contributed by atoms with van der Waals surface area (Å²) in [5.41, 5.74) is -1.31. The van der Waals surface area contributed by atoms with Gasteiger partial charge in [0.25, 0.3) is 0 Å². The molecular formula is C16H19F4NO3. The molecule has 134 valence electrons. The van der Waals surface area contributed by atoms with Crippen LogP contribution in [0.4, 0.5) is 23.2 Å². The molecular weight excluding hydrogens is 330 g/mol. The second kappa shape index (κ2) is 7.38. The van der Waals surface area contributed by atoms with Crippen molar-refractivity contribution in [1.82, 2.24) is 0 Å². The maximum atomic E-state index is 13.3. The lowest BCUT2D eigenvalue weighted by Gasteiger charge is -2.31. The Labute approximate surface area is 136 Å². The van der Waals surface area contributed by atoms with Crippen LogP contribution in [0.3, 0.4) is 0 Å². The third-order valence-corrected chi connectivity index (χ3v) is 3.88. The number of benzene rings is 1. The highest BCUT2D eigenvalue weighted by molar-refractivity contribution is 5.92. The number of amides is 1. The van der Waals surface area contributed by atoms with Crippen LogP contribution in [0, 0.1) is 5.82 Å². The van der Waals surface area contributed by atoms with Gasteiger partial charge in [0.05, 0.1) is 17.7 Å². The van der Waals surface area contributed by atoms with E-state index in [-0.39, 0.29) is 17.9 Å². The monoisotopic (exact) mass is 349 g/mol. The zero-order chi connectivity index (χ0) is 17.8. The summed E-state index contributed by atoms with van der Waals surface area (Å²) in [7, 11) is 0. The largest absolute Gasteiger partial charge is 0.482 e. The molecule has 0 unspecified atom stereocenters. The number of carbonyl (C=O) groups is 1. The highest BCUT2D eigenvalue weighted by Gasteiger charge is 2.32. The quantitative estimate of drug-likeness (QED) is 0.795. The first-order valence-corrected chi connectivity index (χ1v) is 7.68. The number of carbonyl (C=O) groups excluding carboxylic acids is 1. The van der Waals surface area contributed by atoms with E-state index in [9.17, 15) is 27.5 Å². The van der Waals surface area contributed by atoms with Crippen molar-refractivity contribution >= 4 is 11.6 Å². The minimum atomic E-state index is -4.55. The van der Waals surface area contributed by atoms with Gasteiger partial charge < -0.3 is 15.2 Å². The van der Waals surface area contributed by atoms with Gasteiger partial charge in [-0.1, -0.05) is 19.3 Å². The Bertz CT molecular complexity index is 583. The number of nitrogens with one attached hydrogen (secondary N) is 1. The molecule has 1 aromatic rings. The summed E-state index contributed by atoms with van der Waals surface area (Å²) in [6.45, 7) is -1.55. The third-order valence-electron chi connectivity index (χ3n) is 3.88. The SMILES string of the molecule is O=C(CC1(O)CCCCC1)Nc1cc(F)ccc1OCC(F)(F)F. The minimum absolute atomic E-state index is 0.191. The van der Waals surface area contributed by atoms with E-state index in [1.807, 2.05) is 0 Å². The van der Waals surface area contributed by atoms with Gasteiger partial charge in [-0.15, -0.1) is 0 Å². The number of aliphatic hydroxyl groups is 1. The van der Waals surface area contributed by atoms with E-state index < -0.39 is 30.1 Å². The van der Waals surface area contributed by atoms with Crippen molar-refractivity contribution in [2.24, 2.45) is 0 Å². The zero-order valence-corrected chi connectivity index (χ0v) is 13.0. The molecule has 1 fully saturated rings. The van der Waals surface area contributed by atoms with Crippen LogP contribution in [0.2, 0.25) is 0 Å². The zero-order valence-electron chi connectivity index (χ0n) is 13.0. The molecule has 1 aliphatic carbocycles. The van der Waals surface area contributed by atoms with E-state index in [4.69, 9.17) is 0 Å². The number of anilines is 1. The molecule has 2 rings (SSSR count). The van der Waals surface area contributed by atoms with Gasteiger partial charge in [-0.2, -0.15) is 13.2 Å². The fourth-order valence-corrected chi connectivity index (χ4v) is 2.77. The highest BCUT2D eigenvalue weighted by Crippen LogP contribution is 2.32. The standard InChI is InChI=1S/C16H19F4NO3/c17-11-4-5-13(24-10-16(18,19)20)12(8-11)21-14(22)9-15(23)6-2-1-3-7-15/h4-5,8,23H,1-3,6-7,9-10H2,(H,21,22). The van der Waals surface area contributed by atoms with Crippen molar-refractivity contribution in [2.45, 2.75) is 50.3 Å². The summed E-state index contributed by atoms with van der Waals surface area (Å²) in [4.78, 5) is 12.1. The molecule has 1 saturated carbocycles. The number of hydrogen-bond acceptors (Lipinski definition) is 3. The second-order valence-corrected chi connectivity index (χ2v) is 6.05. The van der Waals surface area contributed by atoms with Crippen molar-refractivity contribution in [2.75, 3.05) is 11.9 Å². The fourth-order valence-electron chi connectivity index (χ4n) is 2.77. The predicted octanol–water partition coefficient (Wildman–Crippen LogP) is 3.79. The number of ether oxygens (including phenoxy) is 1. The first-order valence-electron chi connectivity index (χ1n) is 7.68. The normalized spacial score (nSPS) is 17.4. The number of halogens is 4. The summed E-state index contributed by atoms with van der Waals surface area (Å²) in [5, 5.41) is 12.7. The summed E-state index contributed by atoms with van der Waals surface area (Å²) >= 11 is 0. The molecule has 0 saturated heterocycles. The molecule has 1 aromatic carbocycles. The molecule has 2 N–H and O–H groups in total. The Morgan fingerprint density at radius 2 is 1.92 bits per heavy atom. The van der Waals surface area contributed by atoms with E-state index in [1.54, 1.807) is 0 Å². The van der Waals surface area contributed by atoms with Crippen LogP contribution in [0.25, 0.3) is 0 Å². The molecule has 0 bridgehead atoms. The molecule has 0 radical (unpaired) electrons. The number of rotatable bonds is 5. The molecule has 24 heavy (non-hydrogen) atoms. The Hall–Kier alpha value is -1.83. The smallest absolute Gasteiger partial charge is 0.422 e. The van der Waals surface area contributed by atoms with Crippen LogP contribution in [-0.4, -0.2) is 29.4 Å². The maximum Gasteiger partial charge on any atom is 0.422 e. The Morgan fingerprint density at radius 1 is 1.25 bits per heavy atom. The van der Waals surface area contributed by atoms with E-state index in [2.05, 4.69) is 10.1 Å². The molecule has 0 spiro atoms. The minimum Gasteiger partial charge on any atom is -0.482 e. The van der Waals surface area contributed by atoms with E-state index >= 15 is 0 Å². The van der Waals surface area contributed by atoms with Crippen molar-refractivity contribution in [3.8, 4) is 5.75 Å². The number of alkyl halides is 3. The van der Waals surface area contributed by atoms with Crippen LogP contribution in [-0.2, 0) is 4.79 Å². The van der Waals surface area contributed by atoms with Gasteiger partial charge in [-0.25, -0.2) is 4.39 Å². The number of hydrogen-bond donors (Lipinski definition) is 2. The van der Waals surface area contributed by atoms with Crippen LogP contribution >= 0.6 is 0 Å². The molecule has 4 nitrogen and oxygen atoms in total. The summed E-state index contributed by atoms with van der Waals surface area (Å²) in [6.07, 6.45) is -1.16. The Kier molecular flexibility index (Phi) is 5.69. The topological polar surface area (TPSA) is 58.6 Å². The van der Waals surface area contributed by atoms with Crippen molar-refractivity contribution in [3.63, 3.8) is 0 Å². The Balaban J connectivity index is 2.04. The molecule has 0 aliphatic heterocycles. The summed E-state index contributed by atoms with van der Waals surface area (Å²) < 4.78 is 54.7. The van der Waals surface area contributed by atoms with Gasteiger partial charge in [0, 0.05) is 6.07 Å².